The zero-order valence-corrected chi connectivity index (χ0v) is 14.8. The fourth-order valence-corrected chi connectivity index (χ4v) is 4.06. The molecule has 1 atom stereocenters. The van der Waals surface area contributed by atoms with Crippen molar-refractivity contribution < 1.29 is 0 Å². The van der Waals surface area contributed by atoms with E-state index in [-0.39, 0.29) is 0 Å². The molecule has 25 heavy (non-hydrogen) atoms. The Labute approximate surface area is 150 Å². The summed E-state index contributed by atoms with van der Waals surface area (Å²) in [4.78, 5) is 18.3. The van der Waals surface area contributed by atoms with Gasteiger partial charge in [0.2, 0.25) is 5.95 Å². The van der Waals surface area contributed by atoms with Crippen molar-refractivity contribution in [1.29, 1.82) is 0 Å². The van der Waals surface area contributed by atoms with E-state index < -0.39 is 0 Å². The summed E-state index contributed by atoms with van der Waals surface area (Å²) in [5.74, 6) is 0.919. The fraction of sp³-hybridized carbons (Fsp3) is 0.550. The van der Waals surface area contributed by atoms with Gasteiger partial charge in [-0.15, -0.1) is 0 Å². The first-order chi connectivity index (χ1) is 12.4. The van der Waals surface area contributed by atoms with Crippen LogP contribution in [0.2, 0.25) is 0 Å². The van der Waals surface area contributed by atoms with Gasteiger partial charge in [-0.1, -0.05) is 0 Å². The van der Waals surface area contributed by atoms with Crippen LogP contribution in [0.3, 0.4) is 0 Å². The molecule has 2 aliphatic heterocycles. The lowest BCUT2D eigenvalue weighted by molar-refractivity contribution is 0.232. The maximum absolute atomic E-state index is 4.84. The van der Waals surface area contributed by atoms with E-state index in [4.69, 9.17) is 4.98 Å². The van der Waals surface area contributed by atoms with Crippen molar-refractivity contribution in [2.45, 2.75) is 51.1 Å². The van der Waals surface area contributed by atoms with Gasteiger partial charge < -0.3 is 4.90 Å². The second kappa shape index (κ2) is 7.91. The molecule has 4 rings (SSSR count). The smallest absolute Gasteiger partial charge is 0.225 e. The molecule has 2 fully saturated rings. The van der Waals surface area contributed by atoms with Crippen LogP contribution in [0.1, 0.15) is 43.4 Å². The third kappa shape index (κ3) is 4.15. The molecule has 5 nitrogen and oxygen atoms in total. The monoisotopic (exact) mass is 337 g/mol. The van der Waals surface area contributed by atoms with Crippen molar-refractivity contribution in [3.05, 3.63) is 48.0 Å². The van der Waals surface area contributed by atoms with Crippen molar-refractivity contribution >= 4 is 5.95 Å². The van der Waals surface area contributed by atoms with Gasteiger partial charge in [-0.05, 0) is 68.8 Å². The van der Waals surface area contributed by atoms with Gasteiger partial charge in [-0.2, -0.15) is 0 Å². The molecular weight excluding hydrogens is 310 g/mol. The van der Waals surface area contributed by atoms with Crippen LogP contribution in [0.25, 0.3) is 0 Å². The van der Waals surface area contributed by atoms with Crippen LogP contribution in [0.4, 0.5) is 5.95 Å². The molecule has 0 aliphatic carbocycles. The maximum Gasteiger partial charge on any atom is 0.225 e. The van der Waals surface area contributed by atoms with E-state index in [9.17, 15) is 0 Å². The van der Waals surface area contributed by atoms with E-state index in [1.165, 1.54) is 44.2 Å². The van der Waals surface area contributed by atoms with Crippen molar-refractivity contribution in [3.63, 3.8) is 0 Å². The van der Waals surface area contributed by atoms with Gasteiger partial charge >= 0.3 is 0 Å². The molecule has 5 heteroatoms. The first kappa shape index (κ1) is 16.5. The van der Waals surface area contributed by atoms with Crippen LogP contribution < -0.4 is 4.90 Å². The van der Waals surface area contributed by atoms with Crippen LogP contribution in [0.5, 0.6) is 0 Å². The van der Waals surface area contributed by atoms with Crippen LogP contribution in [-0.2, 0) is 13.0 Å². The summed E-state index contributed by atoms with van der Waals surface area (Å²) in [6.07, 6.45) is 13.2. The first-order valence-electron chi connectivity index (χ1n) is 9.58. The Bertz CT molecular complexity index is 669. The summed E-state index contributed by atoms with van der Waals surface area (Å²) in [6, 6.07) is 7.01. The summed E-state index contributed by atoms with van der Waals surface area (Å²) in [7, 11) is 0. The largest absolute Gasteiger partial charge is 0.341 e. The lowest BCUT2D eigenvalue weighted by Gasteiger charge is -2.24. The molecule has 0 unspecified atom stereocenters. The standard InChI is InChI=1S/C20H27N5/c1-2-14-24(13-1)20-22-12-9-18(23-20)16-25-15-3-4-19(25)6-5-17-7-10-21-11-8-17/h7-12,19H,1-6,13-16H2/t19-/m0/s1. The number of rotatable bonds is 6. The molecule has 0 saturated carbocycles. The molecule has 2 aliphatic rings. The predicted octanol–water partition coefficient (Wildman–Crippen LogP) is 3.07. The number of aromatic nitrogens is 3. The minimum Gasteiger partial charge on any atom is -0.341 e. The normalized spacial score (nSPS) is 21.1. The summed E-state index contributed by atoms with van der Waals surface area (Å²) in [6.45, 7) is 4.33. The van der Waals surface area contributed by atoms with E-state index in [0.717, 1.165) is 37.7 Å². The third-order valence-corrected chi connectivity index (χ3v) is 5.47. The highest BCUT2D eigenvalue weighted by molar-refractivity contribution is 5.31. The van der Waals surface area contributed by atoms with Gasteiger partial charge in [0.25, 0.3) is 0 Å². The third-order valence-electron chi connectivity index (χ3n) is 5.47. The Kier molecular flexibility index (Phi) is 5.21. The van der Waals surface area contributed by atoms with Crippen LogP contribution in [0, 0.1) is 0 Å². The molecule has 132 valence electrons. The van der Waals surface area contributed by atoms with Gasteiger partial charge in [0, 0.05) is 44.3 Å². The molecule has 0 aromatic carbocycles. The number of hydrogen-bond donors (Lipinski definition) is 0. The van der Waals surface area contributed by atoms with Gasteiger partial charge in [-0.25, -0.2) is 9.97 Å². The highest BCUT2D eigenvalue weighted by Crippen LogP contribution is 2.24. The lowest BCUT2D eigenvalue weighted by atomic mass is 10.0. The van der Waals surface area contributed by atoms with E-state index in [0.29, 0.717) is 6.04 Å². The number of hydrogen-bond acceptors (Lipinski definition) is 5. The second-order valence-corrected chi connectivity index (χ2v) is 7.20. The van der Waals surface area contributed by atoms with Crippen molar-refractivity contribution in [2.75, 3.05) is 24.5 Å². The molecule has 0 N–H and O–H groups in total. The van der Waals surface area contributed by atoms with E-state index >= 15 is 0 Å². The average molecular weight is 337 g/mol. The Balaban J connectivity index is 1.37. The van der Waals surface area contributed by atoms with E-state index in [1.807, 2.05) is 18.6 Å². The van der Waals surface area contributed by atoms with Crippen LogP contribution in [-0.4, -0.2) is 45.5 Å². The zero-order valence-electron chi connectivity index (χ0n) is 14.8. The van der Waals surface area contributed by atoms with Crippen molar-refractivity contribution in [2.24, 2.45) is 0 Å². The minimum atomic E-state index is 0.665. The SMILES string of the molecule is c1cc(CC[C@@H]2CCCN2Cc2ccnc(N3CCCC3)n2)ccn1. The molecular formula is C20H27N5. The number of likely N-dealkylation sites (tertiary alicyclic amines) is 1. The number of nitrogens with zero attached hydrogens (tertiary/aromatic N) is 5. The fourth-order valence-electron chi connectivity index (χ4n) is 4.06. The number of aryl methyl sites for hydroxylation is 1. The highest BCUT2D eigenvalue weighted by Gasteiger charge is 2.25. The number of pyridine rings is 1. The molecule has 0 amide bonds. The average Bonchev–Trinajstić information content (AvgIpc) is 3.33. The maximum atomic E-state index is 4.84. The summed E-state index contributed by atoms with van der Waals surface area (Å²) < 4.78 is 0. The topological polar surface area (TPSA) is 45.2 Å². The van der Waals surface area contributed by atoms with Gasteiger partial charge in [0.05, 0.1) is 5.69 Å². The lowest BCUT2D eigenvalue weighted by Crippen LogP contribution is -2.30. The number of anilines is 1. The molecule has 2 aromatic heterocycles. The molecule has 0 bridgehead atoms. The molecule has 2 saturated heterocycles. The first-order valence-corrected chi connectivity index (χ1v) is 9.58. The zero-order chi connectivity index (χ0) is 16.9. The summed E-state index contributed by atoms with van der Waals surface area (Å²) in [5, 5.41) is 0. The molecule has 4 heterocycles. The van der Waals surface area contributed by atoms with Gasteiger partial charge in [0.1, 0.15) is 0 Å². The van der Waals surface area contributed by atoms with E-state index in [2.05, 4.69) is 38.0 Å². The van der Waals surface area contributed by atoms with Crippen molar-refractivity contribution in [1.82, 2.24) is 19.9 Å². The summed E-state index contributed by atoms with van der Waals surface area (Å²) in [5.41, 5.74) is 2.55. The van der Waals surface area contributed by atoms with Gasteiger partial charge in [-0.3, -0.25) is 9.88 Å². The Morgan fingerprint density at radius 2 is 1.80 bits per heavy atom. The van der Waals surface area contributed by atoms with E-state index in [1.54, 1.807) is 0 Å². The predicted molar refractivity (Wildman–Crippen MR) is 99.5 cm³/mol. The Morgan fingerprint density at radius 1 is 0.960 bits per heavy atom. The molecule has 0 spiro atoms. The second-order valence-electron chi connectivity index (χ2n) is 7.20. The molecule has 2 aromatic rings. The van der Waals surface area contributed by atoms with Crippen LogP contribution >= 0.6 is 0 Å². The quantitative estimate of drug-likeness (QED) is 0.810. The Morgan fingerprint density at radius 3 is 2.64 bits per heavy atom. The van der Waals surface area contributed by atoms with Crippen LogP contribution in [0.15, 0.2) is 36.8 Å². The Hall–Kier alpha value is -2.01. The minimum absolute atomic E-state index is 0.665. The summed E-state index contributed by atoms with van der Waals surface area (Å²) >= 11 is 0. The van der Waals surface area contributed by atoms with Gasteiger partial charge in [0.15, 0.2) is 0 Å². The molecule has 0 radical (unpaired) electrons. The van der Waals surface area contributed by atoms with Crippen molar-refractivity contribution in [3.8, 4) is 0 Å². The highest BCUT2D eigenvalue weighted by atomic mass is 15.3.